The molecule has 0 saturated carbocycles. The number of anilines is 1. The number of rotatable bonds is 4. The van der Waals surface area contributed by atoms with Gasteiger partial charge in [0.25, 0.3) is 0 Å². The summed E-state index contributed by atoms with van der Waals surface area (Å²) in [5, 5.41) is 0. The van der Waals surface area contributed by atoms with Gasteiger partial charge in [-0.3, -0.25) is 4.90 Å². The molecule has 0 aliphatic carbocycles. The van der Waals surface area contributed by atoms with E-state index in [1.807, 2.05) is 12.3 Å². The molecule has 110 valence electrons. The highest BCUT2D eigenvalue weighted by Crippen LogP contribution is 2.26. The van der Waals surface area contributed by atoms with Crippen LogP contribution in [0.3, 0.4) is 0 Å². The number of likely N-dealkylation sites (tertiary alicyclic amines) is 1. The summed E-state index contributed by atoms with van der Waals surface area (Å²) in [6.07, 6.45) is 6.83. The number of nitrogens with zero attached hydrogens (tertiary/aromatic N) is 3. The van der Waals surface area contributed by atoms with Gasteiger partial charge in [-0.25, -0.2) is 4.98 Å². The maximum absolute atomic E-state index is 5.96. The molecule has 2 saturated heterocycles. The van der Waals surface area contributed by atoms with E-state index in [1.54, 1.807) is 0 Å². The molecule has 0 spiro atoms. The van der Waals surface area contributed by atoms with Crippen LogP contribution in [0.5, 0.6) is 0 Å². The second kappa shape index (κ2) is 6.10. The zero-order chi connectivity index (χ0) is 13.9. The van der Waals surface area contributed by atoms with Gasteiger partial charge < -0.3 is 10.6 Å². The van der Waals surface area contributed by atoms with Crippen molar-refractivity contribution in [1.82, 2.24) is 9.88 Å². The van der Waals surface area contributed by atoms with Gasteiger partial charge >= 0.3 is 0 Å². The van der Waals surface area contributed by atoms with E-state index in [-0.39, 0.29) is 6.04 Å². The Morgan fingerprint density at radius 1 is 1.35 bits per heavy atom. The van der Waals surface area contributed by atoms with E-state index < -0.39 is 0 Å². The lowest BCUT2D eigenvalue weighted by Crippen LogP contribution is -2.35. The molecule has 1 aromatic heterocycles. The Bertz CT molecular complexity index is 440. The summed E-state index contributed by atoms with van der Waals surface area (Å²) in [7, 11) is 0. The van der Waals surface area contributed by atoms with Gasteiger partial charge in [0.15, 0.2) is 0 Å². The van der Waals surface area contributed by atoms with E-state index in [0.717, 1.165) is 31.4 Å². The summed E-state index contributed by atoms with van der Waals surface area (Å²) in [5.74, 6) is 1.16. The van der Waals surface area contributed by atoms with Crippen LogP contribution in [-0.4, -0.2) is 48.1 Å². The predicted octanol–water partition coefficient (Wildman–Crippen LogP) is 1.65. The highest BCUT2D eigenvalue weighted by Gasteiger charge is 2.30. The number of nitrogens with two attached hydrogens (primary N) is 1. The average Bonchev–Trinajstić information content (AvgIpc) is 3.10. The first-order valence-corrected chi connectivity index (χ1v) is 7.92. The highest BCUT2D eigenvalue weighted by atomic mass is 15.3. The third-order valence-electron chi connectivity index (χ3n) is 4.53. The van der Waals surface area contributed by atoms with Crippen molar-refractivity contribution in [3.8, 4) is 0 Å². The van der Waals surface area contributed by atoms with Crippen LogP contribution < -0.4 is 10.6 Å². The van der Waals surface area contributed by atoms with Crippen LogP contribution in [0.15, 0.2) is 18.3 Å². The fourth-order valence-electron chi connectivity index (χ4n) is 3.56. The van der Waals surface area contributed by atoms with Crippen molar-refractivity contribution in [1.29, 1.82) is 0 Å². The molecule has 2 aliphatic heterocycles. The lowest BCUT2D eigenvalue weighted by Gasteiger charge is -2.25. The molecule has 2 fully saturated rings. The Balaban J connectivity index is 1.70. The topological polar surface area (TPSA) is 45.4 Å². The Kier molecular flexibility index (Phi) is 4.22. The molecule has 1 aromatic rings. The van der Waals surface area contributed by atoms with Crippen LogP contribution >= 0.6 is 0 Å². The first-order chi connectivity index (χ1) is 9.74. The number of hydrogen-bond donors (Lipinski definition) is 1. The van der Waals surface area contributed by atoms with Crippen molar-refractivity contribution in [3.63, 3.8) is 0 Å². The third kappa shape index (κ3) is 2.96. The Hall–Kier alpha value is -1.13. The summed E-state index contributed by atoms with van der Waals surface area (Å²) in [5.41, 5.74) is 7.26. The minimum absolute atomic E-state index is 0.190. The van der Waals surface area contributed by atoms with Gasteiger partial charge in [-0.15, -0.1) is 0 Å². The van der Waals surface area contributed by atoms with Crippen LogP contribution in [0.4, 0.5) is 5.82 Å². The molecule has 0 bridgehead atoms. The zero-order valence-corrected chi connectivity index (χ0v) is 12.5. The summed E-state index contributed by atoms with van der Waals surface area (Å²) >= 11 is 0. The van der Waals surface area contributed by atoms with Crippen molar-refractivity contribution in [2.24, 2.45) is 5.73 Å². The molecule has 0 aromatic carbocycles. The van der Waals surface area contributed by atoms with Crippen LogP contribution in [0, 0.1) is 0 Å². The zero-order valence-electron chi connectivity index (χ0n) is 12.5. The predicted molar refractivity (Wildman–Crippen MR) is 83.0 cm³/mol. The Morgan fingerprint density at radius 3 is 2.90 bits per heavy atom. The largest absolute Gasteiger partial charge is 0.355 e. The standard InChI is InChI=1S/C16H26N4/c1-13(17)11-14-5-4-7-18-16(14)20-10-6-15(12-20)19-8-2-3-9-19/h4-5,7,13,15H,2-3,6,8-12,17H2,1H3. The van der Waals surface area contributed by atoms with Crippen molar-refractivity contribution in [3.05, 3.63) is 23.9 Å². The lowest BCUT2D eigenvalue weighted by atomic mass is 10.1. The molecule has 20 heavy (non-hydrogen) atoms. The molecule has 0 amide bonds. The molecule has 4 nitrogen and oxygen atoms in total. The monoisotopic (exact) mass is 274 g/mol. The van der Waals surface area contributed by atoms with Crippen molar-refractivity contribution >= 4 is 5.82 Å². The normalized spacial score (nSPS) is 25.3. The summed E-state index contributed by atoms with van der Waals surface area (Å²) in [6, 6.07) is 5.11. The Morgan fingerprint density at radius 2 is 2.15 bits per heavy atom. The first kappa shape index (κ1) is 13.8. The van der Waals surface area contributed by atoms with E-state index in [2.05, 4.69) is 27.8 Å². The minimum atomic E-state index is 0.190. The molecule has 4 heteroatoms. The SMILES string of the molecule is CC(N)Cc1cccnc1N1CCC(N2CCCC2)C1. The van der Waals surface area contributed by atoms with Crippen LogP contribution in [0.1, 0.15) is 31.7 Å². The molecular weight excluding hydrogens is 248 g/mol. The maximum atomic E-state index is 5.96. The number of hydrogen-bond acceptors (Lipinski definition) is 4. The first-order valence-electron chi connectivity index (χ1n) is 7.92. The quantitative estimate of drug-likeness (QED) is 0.907. The smallest absolute Gasteiger partial charge is 0.131 e. The van der Waals surface area contributed by atoms with E-state index in [0.29, 0.717) is 0 Å². The molecule has 2 atom stereocenters. The molecule has 2 N–H and O–H groups in total. The number of pyridine rings is 1. The van der Waals surface area contributed by atoms with Gasteiger partial charge in [-0.2, -0.15) is 0 Å². The van der Waals surface area contributed by atoms with Crippen LogP contribution in [0.25, 0.3) is 0 Å². The average molecular weight is 274 g/mol. The van der Waals surface area contributed by atoms with Gasteiger partial charge in [-0.05, 0) is 57.3 Å². The van der Waals surface area contributed by atoms with Gasteiger partial charge in [0.1, 0.15) is 5.82 Å². The van der Waals surface area contributed by atoms with Gasteiger partial charge in [0.05, 0.1) is 0 Å². The molecular formula is C16H26N4. The molecule has 3 rings (SSSR count). The third-order valence-corrected chi connectivity index (χ3v) is 4.53. The molecule has 0 radical (unpaired) electrons. The van der Waals surface area contributed by atoms with E-state index in [1.165, 1.54) is 37.9 Å². The van der Waals surface area contributed by atoms with Crippen molar-refractivity contribution in [2.45, 2.75) is 44.7 Å². The highest BCUT2D eigenvalue weighted by molar-refractivity contribution is 5.48. The van der Waals surface area contributed by atoms with Crippen LogP contribution in [-0.2, 0) is 6.42 Å². The van der Waals surface area contributed by atoms with Crippen molar-refractivity contribution < 1.29 is 0 Å². The molecule has 3 heterocycles. The number of aromatic nitrogens is 1. The lowest BCUT2D eigenvalue weighted by molar-refractivity contribution is 0.260. The molecule has 2 unspecified atom stereocenters. The van der Waals surface area contributed by atoms with E-state index in [9.17, 15) is 0 Å². The summed E-state index contributed by atoms with van der Waals surface area (Å²) in [4.78, 5) is 9.75. The maximum Gasteiger partial charge on any atom is 0.131 e. The van der Waals surface area contributed by atoms with Gasteiger partial charge in [0.2, 0.25) is 0 Å². The van der Waals surface area contributed by atoms with Crippen LogP contribution in [0.2, 0.25) is 0 Å². The fraction of sp³-hybridized carbons (Fsp3) is 0.688. The van der Waals surface area contributed by atoms with Gasteiger partial charge in [0, 0.05) is 31.4 Å². The van der Waals surface area contributed by atoms with Crippen molar-refractivity contribution in [2.75, 3.05) is 31.1 Å². The summed E-state index contributed by atoms with van der Waals surface area (Å²) < 4.78 is 0. The summed E-state index contributed by atoms with van der Waals surface area (Å²) in [6.45, 7) is 6.89. The van der Waals surface area contributed by atoms with Gasteiger partial charge in [-0.1, -0.05) is 6.07 Å². The minimum Gasteiger partial charge on any atom is -0.355 e. The molecule has 2 aliphatic rings. The second-order valence-electron chi connectivity index (χ2n) is 6.30. The van der Waals surface area contributed by atoms with E-state index >= 15 is 0 Å². The second-order valence-corrected chi connectivity index (χ2v) is 6.30. The Labute approximate surface area is 122 Å². The fourth-order valence-corrected chi connectivity index (χ4v) is 3.56. The van der Waals surface area contributed by atoms with E-state index in [4.69, 9.17) is 5.73 Å².